The van der Waals surface area contributed by atoms with Gasteiger partial charge in [-0.15, -0.1) is 0 Å². The fourth-order valence-corrected chi connectivity index (χ4v) is 4.35. The van der Waals surface area contributed by atoms with Gasteiger partial charge in [0, 0.05) is 70.2 Å². The second-order valence-corrected chi connectivity index (χ2v) is 8.53. The van der Waals surface area contributed by atoms with E-state index in [4.69, 9.17) is 9.47 Å². The number of carbonyl (C=O) groups excluding carboxylic acids is 1. The standard InChI is InChI=1S/C25H28N8O3/c1-16(34)32-7-9-33(10-8-32)21-13-22(35-3)19(12-23(21)36-4)30-25-26-6-5-18(29-25)17-11-20-24(27-14-17)31(2)15-28-20/h5-6,11-15H,7-10H2,1-4H3,(H,26,29,30). The number of nitrogens with one attached hydrogen (secondary N) is 1. The van der Waals surface area contributed by atoms with Crippen LogP contribution >= 0.6 is 0 Å². The Hall–Kier alpha value is -4.41. The van der Waals surface area contributed by atoms with Crippen LogP contribution in [0.1, 0.15) is 6.92 Å². The molecule has 0 unspecified atom stereocenters. The molecule has 0 atom stereocenters. The molecule has 4 aromatic rings. The zero-order valence-corrected chi connectivity index (χ0v) is 20.7. The number of benzene rings is 1. The molecule has 0 radical (unpaired) electrons. The maximum atomic E-state index is 11.7. The zero-order valence-electron chi connectivity index (χ0n) is 20.7. The Morgan fingerprint density at radius 2 is 1.78 bits per heavy atom. The Balaban J connectivity index is 1.41. The number of nitrogens with zero attached hydrogens (tertiary/aromatic N) is 7. The van der Waals surface area contributed by atoms with E-state index >= 15 is 0 Å². The number of pyridine rings is 1. The summed E-state index contributed by atoms with van der Waals surface area (Å²) in [7, 11) is 5.17. The highest BCUT2D eigenvalue weighted by Gasteiger charge is 2.23. The first kappa shape index (κ1) is 23.3. The molecule has 11 heteroatoms. The van der Waals surface area contributed by atoms with Crippen LogP contribution < -0.4 is 19.7 Å². The molecule has 0 spiro atoms. The molecule has 1 fully saturated rings. The highest BCUT2D eigenvalue weighted by atomic mass is 16.5. The van der Waals surface area contributed by atoms with Crippen LogP contribution in [0.4, 0.5) is 17.3 Å². The number of methoxy groups -OCH3 is 2. The van der Waals surface area contributed by atoms with Crippen molar-refractivity contribution in [1.82, 2.24) is 29.4 Å². The van der Waals surface area contributed by atoms with Gasteiger partial charge in [0.2, 0.25) is 11.9 Å². The van der Waals surface area contributed by atoms with Crippen molar-refractivity contribution in [3.63, 3.8) is 0 Å². The number of piperazine rings is 1. The van der Waals surface area contributed by atoms with Crippen LogP contribution in [0.2, 0.25) is 0 Å². The lowest BCUT2D eigenvalue weighted by Gasteiger charge is -2.36. The predicted molar refractivity (Wildman–Crippen MR) is 137 cm³/mol. The Kier molecular flexibility index (Phi) is 6.28. The normalized spacial score (nSPS) is 13.7. The Morgan fingerprint density at radius 1 is 1.00 bits per heavy atom. The number of anilines is 3. The van der Waals surface area contributed by atoms with Gasteiger partial charge in [-0.3, -0.25) is 4.79 Å². The zero-order chi connectivity index (χ0) is 25.2. The van der Waals surface area contributed by atoms with E-state index in [0.717, 1.165) is 28.1 Å². The van der Waals surface area contributed by atoms with Crippen molar-refractivity contribution in [1.29, 1.82) is 0 Å². The minimum absolute atomic E-state index is 0.0942. The summed E-state index contributed by atoms with van der Waals surface area (Å²) in [6, 6.07) is 7.60. The molecule has 5 rings (SSSR count). The summed E-state index contributed by atoms with van der Waals surface area (Å²) in [5, 5.41) is 3.26. The van der Waals surface area contributed by atoms with Gasteiger partial charge in [0.05, 0.1) is 37.6 Å². The van der Waals surface area contributed by atoms with Crippen molar-refractivity contribution in [2.45, 2.75) is 6.92 Å². The van der Waals surface area contributed by atoms with Crippen LogP contribution in [0.5, 0.6) is 11.5 Å². The molecule has 186 valence electrons. The lowest BCUT2D eigenvalue weighted by molar-refractivity contribution is -0.129. The third kappa shape index (κ3) is 4.47. The van der Waals surface area contributed by atoms with Gasteiger partial charge in [-0.2, -0.15) is 0 Å². The molecule has 0 bridgehead atoms. The summed E-state index contributed by atoms with van der Waals surface area (Å²) in [4.78, 5) is 33.7. The highest BCUT2D eigenvalue weighted by Crippen LogP contribution is 2.40. The monoisotopic (exact) mass is 488 g/mol. The number of ether oxygens (including phenoxy) is 2. The fourth-order valence-electron chi connectivity index (χ4n) is 4.35. The number of fused-ring (bicyclic) bond motifs is 1. The van der Waals surface area contributed by atoms with E-state index in [0.29, 0.717) is 49.3 Å². The number of imidazole rings is 1. The first-order valence-electron chi connectivity index (χ1n) is 11.6. The average Bonchev–Trinajstić information content (AvgIpc) is 3.28. The van der Waals surface area contributed by atoms with Crippen LogP contribution in [0.25, 0.3) is 22.4 Å². The second kappa shape index (κ2) is 9.68. The molecule has 1 aromatic carbocycles. The number of amides is 1. The largest absolute Gasteiger partial charge is 0.494 e. The molecule has 1 N–H and O–H groups in total. The van der Waals surface area contributed by atoms with E-state index < -0.39 is 0 Å². The van der Waals surface area contributed by atoms with Crippen LogP contribution in [-0.2, 0) is 11.8 Å². The molecule has 3 aromatic heterocycles. The smallest absolute Gasteiger partial charge is 0.227 e. The Morgan fingerprint density at radius 3 is 2.50 bits per heavy atom. The number of hydrogen-bond acceptors (Lipinski definition) is 9. The van der Waals surface area contributed by atoms with Crippen LogP contribution in [0, 0.1) is 0 Å². The molecular weight excluding hydrogens is 460 g/mol. The summed E-state index contributed by atoms with van der Waals surface area (Å²) in [6.45, 7) is 4.36. The van der Waals surface area contributed by atoms with E-state index in [-0.39, 0.29) is 5.91 Å². The van der Waals surface area contributed by atoms with Crippen LogP contribution in [0.15, 0.2) is 43.0 Å². The number of hydrogen-bond donors (Lipinski definition) is 1. The van der Waals surface area contributed by atoms with Crippen molar-refractivity contribution in [2.24, 2.45) is 7.05 Å². The molecular formula is C25H28N8O3. The number of carbonyl (C=O) groups is 1. The van der Waals surface area contributed by atoms with Crippen molar-refractivity contribution in [3.05, 3.63) is 43.0 Å². The molecule has 0 saturated carbocycles. The molecule has 4 heterocycles. The Labute approximate surface area is 208 Å². The molecule has 1 aliphatic heterocycles. The minimum Gasteiger partial charge on any atom is -0.494 e. The van der Waals surface area contributed by atoms with Gasteiger partial charge in [0.1, 0.15) is 17.0 Å². The maximum absolute atomic E-state index is 11.7. The summed E-state index contributed by atoms with van der Waals surface area (Å²) in [6.07, 6.45) is 5.21. The van der Waals surface area contributed by atoms with Gasteiger partial charge in [0.25, 0.3) is 0 Å². The van der Waals surface area contributed by atoms with Crippen molar-refractivity contribution in [2.75, 3.05) is 50.6 Å². The molecule has 1 amide bonds. The number of aromatic nitrogens is 5. The van der Waals surface area contributed by atoms with Gasteiger partial charge in [-0.05, 0) is 12.1 Å². The number of aryl methyl sites for hydroxylation is 1. The molecule has 1 saturated heterocycles. The third-order valence-electron chi connectivity index (χ3n) is 6.32. The van der Waals surface area contributed by atoms with E-state index in [9.17, 15) is 4.79 Å². The van der Waals surface area contributed by atoms with Crippen molar-refractivity contribution in [3.8, 4) is 22.8 Å². The van der Waals surface area contributed by atoms with Crippen LogP contribution in [0.3, 0.4) is 0 Å². The minimum atomic E-state index is 0.0942. The molecule has 11 nitrogen and oxygen atoms in total. The van der Waals surface area contributed by atoms with Crippen molar-refractivity contribution >= 4 is 34.4 Å². The SMILES string of the molecule is COc1cc(N2CCN(C(C)=O)CC2)c(OC)cc1Nc1nccc(-c2cnc3c(c2)ncn3C)n1. The summed E-state index contributed by atoms with van der Waals surface area (Å²) in [5.74, 6) is 1.83. The topological polar surface area (TPSA) is 111 Å². The molecule has 36 heavy (non-hydrogen) atoms. The van der Waals surface area contributed by atoms with Crippen LogP contribution in [-0.4, -0.2) is 75.7 Å². The summed E-state index contributed by atoms with van der Waals surface area (Å²) >= 11 is 0. The van der Waals surface area contributed by atoms with Crippen molar-refractivity contribution < 1.29 is 14.3 Å². The van der Waals surface area contributed by atoms with Gasteiger partial charge >= 0.3 is 0 Å². The molecule has 0 aliphatic carbocycles. The van der Waals surface area contributed by atoms with Gasteiger partial charge in [-0.25, -0.2) is 19.9 Å². The molecule has 1 aliphatic rings. The third-order valence-corrected chi connectivity index (χ3v) is 6.32. The van der Waals surface area contributed by atoms with Gasteiger partial charge in [-0.1, -0.05) is 0 Å². The maximum Gasteiger partial charge on any atom is 0.227 e. The van der Waals surface area contributed by atoms with E-state index in [1.54, 1.807) is 39.9 Å². The summed E-state index contributed by atoms with van der Waals surface area (Å²) < 4.78 is 13.3. The second-order valence-electron chi connectivity index (χ2n) is 8.53. The van der Waals surface area contributed by atoms with E-state index in [1.807, 2.05) is 40.8 Å². The highest BCUT2D eigenvalue weighted by molar-refractivity contribution is 5.78. The van der Waals surface area contributed by atoms with Gasteiger partial charge in [0.15, 0.2) is 5.65 Å². The first-order valence-corrected chi connectivity index (χ1v) is 11.6. The lowest BCUT2D eigenvalue weighted by atomic mass is 10.2. The van der Waals surface area contributed by atoms with E-state index in [2.05, 4.69) is 30.2 Å². The van der Waals surface area contributed by atoms with Gasteiger partial charge < -0.3 is 29.2 Å². The quantitative estimate of drug-likeness (QED) is 0.438. The van der Waals surface area contributed by atoms with E-state index in [1.165, 1.54) is 0 Å². The Bertz CT molecular complexity index is 1410. The lowest BCUT2D eigenvalue weighted by Crippen LogP contribution is -2.48. The number of rotatable bonds is 6. The average molecular weight is 489 g/mol. The summed E-state index contributed by atoms with van der Waals surface area (Å²) in [5.41, 5.74) is 4.76. The first-order chi connectivity index (χ1) is 17.5. The fraction of sp³-hybridized carbons (Fsp3) is 0.320. The predicted octanol–water partition coefficient (Wildman–Crippen LogP) is 2.85.